The summed E-state index contributed by atoms with van der Waals surface area (Å²) in [7, 11) is 0. The van der Waals surface area contributed by atoms with Crippen LogP contribution in [0.15, 0.2) is 0 Å². The van der Waals surface area contributed by atoms with E-state index in [2.05, 4.69) is 5.32 Å². The zero-order chi connectivity index (χ0) is 13.4. The summed E-state index contributed by atoms with van der Waals surface area (Å²) in [6, 6.07) is 0.231. The predicted molar refractivity (Wildman–Crippen MR) is 67.5 cm³/mol. The normalized spacial score (nSPS) is 38.3. The number of rotatable bonds is 3. The molecular formula is C14H21NO4. The van der Waals surface area contributed by atoms with Gasteiger partial charge in [-0.1, -0.05) is 19.3 Å². The van der Waals surface area contributed by atoms with Crippen molar-refractivity contribution in [3.63, 3.8) is 0 Å². The van der Waals surface area contributed by atoms with Crippen molar-refractivity contribution in [2.45, 2.75) is 63.2 Å². The highest BCUT2D eigenvalue weighted by Gasteiger charge is 2.55. The van der Waals surface area contributed by atoms with Gasteiger partial charge < -0.3 is 15.2 Å². The van der Waals surface area contributed by atoms with Crippen LogP contribution in [-0.4, -0.2) is 35.2 Å². The minimum atomic E-state index is -0.893. The highest BCUT2D eigenvalue weighted by molar-refractivity contribution is 5.86. The Labute approximate surface area is 112 Å². The van der Waals surface area contributed by atoms with Crippen molar-refractivity contribution in [3.05, 3.63) is 0 Å². The molecule has 0 aromatic rings. The second kappa shape index (κ2) is 5.12. The molecule has 2 aliphatic heterocycles. The van der Waals surface area contributed by atoms with E-state index in [1.54, 1.807) is 0 Å². The molecule has 3 aliphatic rings. The van der Waals surface area contributed by atoms with Crippen LogP contribution >= 0.6 is 0 Å². The van der Waals surface area contributed by atoms with Crippen LogP contribution in [-0.2, 0) is 14.3 Å². The van der Waals surface area contributed by atoms with Gasteiger partial charge in [-0.15, -0.1) is 0 Å². The number of fused-ring (bicyclic) bond motifs is 2. The first kappa shape index (κ1) is 12.9. The molecule has 0 radical (unpaired) electrons. The van der Waals surface area contributed by atoms with Crippen molar-refractivity contribution >= 4 is 11.9 Å². The lowest BCUT2D eigenvalue weighted by molar-refractivity contribution is -0.148. The van der Waals surface area contributed by atoms with Gasteiger partial charge in [0.2, 0.25) is 5.91 Å². The van der Waals surface area contributed by atoms with Crippen LogP contribution in [0.5, 0.6) is 0 Å². The van der Waals surface area contributed by atoms with Crippen LogP contribution in [0.2, 0.25) is 0 Å². The molecule has 19 heavy (non-hydrogen) atoms. The molecule has 5 heteroatoms. The summed E-state index contributed by atoms with van der Waals surface area (Å²) in [5.41, 5.74) is 0. The van der Waals surface area contributed by atoms with Gasteiger partial charge in [0.1, 0.15) is 0 Å². The maximum Gasteiger partial charge on any atom is 0.310 e. The zero-order valence-corrected chi connectivity index (χ0v) is 11.0. The standard InChI is InChI=1S/C14H21NO4/c16-13(15-8-4-2-1-3-5-8)11-9-6-7-10(19-9)12(11)14(17)18/h8-12H,1-7H2,(H,15,16)(H,17,18)/t9-,10-,11-,12-/m1/s1. The summed E-state index contributed by atoms with van der Waals surface area (Å²) in [4.78, 5) is 23.7. The number of carboxylic acids is 1. The first-order chi connectivity index (χ1) is 9.16. The lowest BCUT2D eigenvalue weighted by atomic mass is 9.78. The summed E-state index contributed by atoms with van der Waals surface area (Å²) in [5, 5.41) is 12.3. The lowest BCUT2D eigenvalue weighted by Crippen LogP contribution is -2.47. The fourth-order valence-corrected chi connectivity index (χ4v) is 3.87. The van der Waals surface area contributed by atoms with Gasteiger partial charge >= 0.3 is 5.97 Å². The van der Waals surface area contributed by atoms with Crippen LogP contribution in [0.1, 0.15) is 44.9 Å². The maximum atomic E-state index is 12.4. The van der Waals surface area contributed by atoms with Gasteiger partial charge in [-0.2, -0.15) is 0 Å². The number of nitrogens with one attached hydrogen (secondary N) is 1. The quantitative estimate of drug-likeness (QED) is 0.808. The Balaban J connectivity index is 1.66. The van der Waals surface area contributed by atoms with E-state index in [9.17, 15) is 14.7 Å². The third kappa shape index (κ3) is 2.36. The van der Waals surface area contributed by atoms with Crippen molar-refractivity contribution in [3.8, 4) is 0 Å². The molecule has 4 atom stereocenters. The molecule has 106 valence electrons. The minimum Gasteiger partial charge on any atom is -0.481 e. The number of hydrogen-bond donors (Lipinski definition) is 2. The molecule has 2 heterocycles. The van der Waals surface area contributed by atoms with Crippen molar-refractivity contribution in [2.75, 3.05) is 0 Å². The third-order valence-corrected chi connectivity index (χ3v) is 4.81. The van der Waals surface area contributed by atoms with Crippen molar-refractivity contribution in [1.82, 2.24) is 5.32 Å². The second-order valence-corrected chi connectivity index (χ2v) is 6.02. The molecule has 3 rings (SSSR count). The monoisotopic (exact) mass is 267 g/mol. The van der Waals surface area contributed by atoms with Gasteiger partial charge in [0, 0.05) is 6.04 Å². The van der Waals surface area contributed by atoms with Gasteiger partial charge in [0.05, 0.1) is 24.0 Å². The largest absolute Gasteiger partial charge is 0.481 e. The summed E-state index contributed by atoms with van der Waals surface area (Å²) in [5.74, 6) is -2.14. The van der Waals surface area contributed by atoms with Crippen molar-refractivity contribution in [2.24, 2.45) is 11.8 Å². The number of ether oxygens (including phenoxy) is 1. The molecule has 2 bridgehead atoms. The van der Waals surface area contributed by atoms with E-state index in [1.807, 2.05) is 0 Å². The summed E-state index contributed by atoms with van der Waals surface area (Å²) in [6.07, 6.45) is 6.73. The third-order valence-electron chi connectivity index (χ3n) is 4.81. The van der Waals surface area contributed by atoms with E-state index in [0.717, 1.165) is 38.5 Å². The molecule has 0 spiro atoms. The number of aliphatic carboxylic acids is 1. The molecule has 0 aromatic heterocycles. The Hall–Kier alpha value is -1.10. The molecule has 3 fully saturated rings. The second-order valence-electron chi connectivity index (χ2n) is 6.02. The van der Waals surface area contributed by atoms with Gasteiger partial charge in [-0.25, -0.2) is 0 Å². The van der Waals surface area contributed by atoms with E-state index in [-0.39, 0.29) is 24.2 Å². The Morgan fingerprint density at radius 1 is 0.947 bits per heavy atom. The Morgan fingerprint density at radius 3 is 2.21 bits per heavy atom. The van der Waals surface area contributed by atoms with Crippen LogP contribution < -0.4 is 5.32 Å². The van der Waals surface area contributed by atoms with Gasteiger partial charge in [-0.3, -0.25) is 9.59 Å². The van der Waals surface area contributed by atoms with Crippen molar-refractivity contribution < 1.29 is 19.4 Å². The van der Waals surface area contributed by atoms with Gasteiger partial charge in [0.25, 0.3) is 0 Å². The predicted octanol–water partition coefficient (Wildman–Crippen LogP) is 1.31. The van der Waals surface area contributed by atoms with Crippen LogP contribution in [0.3, 0.4) is 0 Å². The Kier molecular flexibility index (Phi) is 3.48. The Bertz CT molecular complexity index is 378. The van der Waals surface area contributed by atoms with Crippen LogP contribution in [0.4, 0.5) is 0 Å². The topological polar surface area (TPSA) is 75.6 Å². The molecule has 0 unspecified atom stereocenters. The summed E-state index contributed by atoms with van der Waals surface area (Å²) in [6.45, 7) is 0. The molecule has 0 aromatic carbocycles. The highest BCUT2D eigenvalue weighted by atomic mass is 16.5. The van der Waals surface area contributed by atoms with E-state index in [1.165, 1.54) is 6.42 Å². The molecule has 2 saturated heterocycles. The summed E-state index contributed by atoms with van der Waals surface area (Å²) >= 11 is 0. The highest BCUT2D eigenvalue weighted by Crippen LogP contribution is 2.43. The SMILES string of the molecule is O=C(O)[C@H]1[C@H](C(=O)NC2CCCCC2)[C@H]2CC[C@H]1O2. The molecule has 2 N–H and O–H groups in total. The first-order valence-corrected chi connectivity index (χ1v) is 7.35. The molecule has 1 aliphatic carbocycles. The Morgan fingerprint density at radius 2 is 1.58 bits per heavy atom. The van der Waals surface area contributed by atoms with Crippen LogP contribution in [0.25, 0.3) is 0 Å². The molecule has 1 amide bonds. The lowest BCUT2D eigenvalue weighted by Gasteiger charge is -2.28. The van der Waals surface area contributed by atoms with E-state index >= 15 is 0 Å². The number of carboxylic acid groups (broad SMARTS) is 1. The summed E-state index contributed by atoms with van der Waals surface area (Å²) < 4.78 is 5.63. The molecular weight excluding hydrogens is 246 g/mol. The number of amides is 1. The average molecular weight is 267 g/mol. The van der Waals surface area contributed by atoms with E-state index < -0.39 is 17.8 Å². The number of hydrogen-bond acceptors (Lipinski definition) is 3. The first-order valence-electron chi connectivity index (χ1n) is 7.35. The maximum absolute atomic E-state index is 12.4. The van der Waals surface area contributed by atoms with Gasteiger partial charge in [0.15, 0.2) is 0 Å². The fraction of sp³-hybridized carbons (Fsp3) is 0.857. The average Bonchev–Trinajstić information content (AvgIpc) is 2.99. The van der Waals surface area contributed by atoms with E-state index in [4.69, 9.17) is 4.74 Å². The molecule has 1 saturated carbocycles. The number of carbonyl (C=O) groups excluding carboxylic acids is 1. The molecule has 5 nitrogen and oxygen atoms in total. The van der Waals surface area contributed by atoms with Crippen LogP contribution in [0, 0.1) is 11.8 Å². The smallest absolute Gasteiger partial charge is 0.310 e. The zero-order valence-electron chi connectivity index (χ0n) is 11.0. The van der Waals surface area contributed by atoms with Crippen molar-refractivity contribution in [1.29, 1.82) is 0 Å². The van der Waals surface area contributed by atoms with E-state index in [0.29, 0.717) is 0 Å². The minimum absolute atomic E-state index is 0.105. The fourth-order valence-electron chi connectivity index (χ4n) is 3.87. The van der Waals surface area contributed by atoms with Gasteiger partial charge in [-0.05, 0) is 25.7 Å². The number of carbonyl (C=O) groups is 2.